The van der Waals surface area contributed by atoms with Crippen LogP contribution in [0.4, 0.5) is 0 Å². The molecule has 3 saturated heterocycles. The number of amides is 8. The number of carbonyl (C=O) groups excluding carboxylic acids is 8. The average molecular weight is 1310 g/mol. The van der Waals surface area contributed by atoms with Gasteiger partial charge in [-0.25, -0.2) is 0 Å². The molecule has 3 fully saturated rings. The number of hydrogen-bond donors (Lipinski definition) is 13. The van der Waals surface area contributed by atoms with Crippen LogP contribution in [-0.2, 0) is 54.1 Å². The van der Waals surface area contributed by atoms with Gasteiger partial charge in [0.2, 0.25) is 41.4 Å². The molecule has 31 nitrogen and oxygen atoms in total. The van der Waals surface area contributed by atoms with Crippen LogP contribution in [-0.4, -0.2) is 216 Å². The van der Waals surface area contributed by atoms with Crippen molar-refractivity contribution in [3.8, 4) is 38.4 Å². The molecule has 14 N–H and O–H groups in total. The molecule has 12 unspecified atom stereocenters. The van der Waals surface area contributed by atoms with Crippen molar-refractivity contribution in [1.82, 2.24) is 46.6 Å². The summed E-state index contributed by atoms with van der Waals surface area (Å²) in [6, 6.07) is 5.13. The Labute approximate surface area is 545 Å². The van der Waals surface area contributed by atoms with Crippen LogP contribution in [0, 0.1) is 5.92 Å². The zero-order chi connectivity index (χ0) is 64.6. The van der Waals surface area contributed by atoms with Gasteiger partial charge >= 0.3 is 29.6 Å². The van der Waals surface area contributed by atoms with E-state index in [-0.39, 0.29) is 58.8 Å². The van der Waals surface area contributed by atoms with Gasteiger partial charge < -0.3 is 96.8 Å². The number of aliphatic hydroxyl groups excluding tert-OH is 6. The van der Waals surface area contributed by atoms with Gasteiger partial charge in [0, 0.05) is 75.2 Å². The summed E-state index contributed by atoms with van der Waals surface area (Å²) >= 11 is 1.27. The van der Waals surface area contributed by atoms with Gasteiger partial charge in [-0.3, -0.25) is 43.4 Å². The summed E-state index contributed by atoms with van der Waals surface area (Å²) in [4.78, 5) is 115. The second-order valence-corrected chi connectivity index (χ2v) is 23.1. The van der Waals surface area contributed by atoms with E-state index >= 15 is 0 Å². The fraction of sp³-hybridized carbons (Fsp3) is 0.500. The normalized spacial score (nSPS) is 24.8. The second-order valence-electron chi connectivity index (χ2n) is 21.7. The van der Waals surface area contributed by atoms with Crippen LogP contribution in [0.3, 0.4) is 0 Å². The molecule has 8 amide bonds. The third-order valence-corrected chi connectivity index (χ3v) is 16.4. The van der Waals surface area contributed by atoms with E-state index in [4.69, 9.17) is 19.4 Å². The number of rotatable bonds is 22. The van der Waals surface area contributed by atoms with E-state index in [1.165, 1.54) is 36.5 Å². The molecule has 3 aromatic carbocycles. The zero-order valence-electron chi connectivity index (χ0n) is 49.4. The van der Waals surface area contributed by atoms with Gasteiger partial charge in [-0.05, 0) is 80.3 Å². The van der Waals surface area contributed by atoms with Gasteiger partial charge in [0.25, 0.3) is 18.2 Å². The molecule has 484 valence electrons. The van der Waals surface area contributed by atoms with Gasteiger partial charge in [-0.15, -0.1) is 14.5 Å². The van der Waals surface area contributed by atoms with Crippen molar-refractivity contribution in [3.05, 3.63) is 77.9 Å². The quantitative estimate of drug-likeness (QED) is 0.0114. The maximum atomic E-state index is 14.7. The summed E-state index contributed by atoms with van der Waals surface area (Å²) in [5, 5.41) is 114. The predicted molar refractivity (Wildman–Crippen MR) is 309 cm³/mol. The number of methoxy groups -OCH3 is 1. The first-order chi connectivity index (χ1) is 42.5. The van der Waals surface area contributed by atoms with Gasteiger partial charge in [0.1, 0.15) is 52.0 Å². The first-order valence-electron chi connectivity index (χ1n) is 28.2. The number of ether oxygens (including phenoxy) is 2. The van der Waals surface area contributed by atoms with Crippen molar-refractivity contribution >= 4 is 70.9 Å². The standard InChI is InChI=1S/C56H72N10O21S2.Na/c1-27-25-66-46(47(27)74)52(79)58-24-33(68)21-36(59-48(75)30-8-10-31(11-9-30)53-63-64-54(88-53)32-12-14-35(15-13-32)84-18-6-4-5-17-83-3)49(76)60-43(28(2)67)55(80)65-26-34(69)22-37(65)50(77)61-44(51(78)62-45(56(66)81)40(72)23-42(57)73)39(71)19-29-7-16-38(70)41(20-29)85-89-87-86-82;/h7-16,20,27-28,33-34,36-37,39-40,43-47,67-72,74,82H,4-6,17-19,21-26H2,1-3H3,(H2,57,73)(H,58,79)(H,59,75)(H,60,76)(H,61,77)(H,62,78);/q;+1/p-1/t27?,28?,33?,34?,36-,37?,39?,40?,43?,44?,45?,46?,47?;/m0./s1. The molecule has 0 spiro atoms. The van der Waals surface area contributed by atoms with Crippen LogP contribution < -0.4 is 76.1 Å². The molecule has 3 aliphatic rings. The fourth-order valence-electron chi connectivity index (χ4n) is 10.3. The maximum absolute atomic E-state index is 14.7. The van der Waals surface area contributed by atoms with Crippen molar-refractivity contribution in [2.75, 3.05) is 40.0 Å². The Bertz CT molecular complexity index is 3120. The molecule has 13 atom stereocenters. The minimum Gasteiger partial charge on any atom is -0.691 e. The van der Waals surface area contributed by atoms with E-state index in [1.807, 2.05) is 24.3 Å². The number of nitrogens with one attached hydrogen (secondary N) is 5. The Morgan fingerprint density at radius 1 is 0.789 bits per heavy atom. The first-order valence-corrected chi connectivity index (χ1v) is 29.7. The summed E-state index contributed by atoms with van der Waals surface area (Å²) in [7, 11) is 1.66. The molecule has 0 aliphatic carbocycles. The number of fused-ring (bicyclic) bond motifs is 2. The Morgan fingerprint density at radius 2 is 1.42 bits per heavy atom. The summed E-state index contributed by atoms with van der Waals surface area (Å²) in [5.41, 5.74) is 6.82. The number of aromatic nitrogens is 2. The number of carbonyl (C=O) groups is 8. The van der Waals surface area contributed by atoms with Crippen molar-refractivity contribution in [2.45, 2.75) is 132 Å². The molecule has 90 heavy (non-hydrogen) atoms. The molecule has 0 saturated carbocycles. The Balaban J connectivity index is 0.0000129. The number of primary amides is 1. The van der Waals surface area contributed by atoms with Crippen molar-refractivity contribution < 1.29 is 132 Å². The summed E-state index contributed by atoms with van der Waals surface area (Å²) in [6.45, 7) is 2.08. The third-order valence-electron chi connectivity index (χ3n) is 15.0. The average Bonchev–Trinajstić information content (AvgIpc) is 1.70. The van der Waals surface area contributed by atoms with Crippen LogP contribution in [0.2, 0.25) is 0 Å². The van der Waals surface area contributed by atoms with Gasteiger partial charge in [-0.1, -0.05) is 36.5 Å². The Hall–Kier alpha value is -6.67. The largest absolute Gasteiger partial charge is 1.00 e. The molecule has 34 heteroatoms. The number of aliphatic hydroxyl groups is 6. The first kappa shape index (κ1) is 72.4. The van der Waals surface area contributed by atoms with E-state index in [0.717, 1.165) is 53.7 Å². The zero-order valence-corrected chi connectivity index (χ0v) is 53.0. The van der Waals surface area contributed by atoms with E-state index in [0.29, 0.717) is 34.5 Å². The SMILES string of the molecule is COCCCCCOc1ccc(-c2nnc(-c3ccc(C(=O)N[C@H]4CC(O)CNC(=O)C5C(O)C(C)CN5C(=O)C(C(O)CC(N)=O)NC(=O)C(C(O)Cc5ccc(O)c(OSOO[O-])c5)NC(=O)C5CC(O)CN5C(=O)C(C(C)O)NC4=O)cc3)s2)cc1.[Na+]. The molecule has 1 aromatic heterocycles. The summed E-state index contributed by atoms with van der Waals surface area (Å²) in [5.74, 6) is -10.5. The molecule has 4 heterocycles. The van der Waals surface area contributed by atoms with E-state index in [1.54, 1.807) is 19.2 Å². The number of nitrogens with zero attached hydrogens (tertiary/aromatic N) is 4. The van der Waals surface area contributed by atoms with Gasteiger partial charge in [-0.2, -0.15) is 0 Å². The van der Waals surface area contributed by atoms with E-state index < -0.39 is 177 Å². The molecule has 3 aliphatic heterocycles. The number of β-amino-alcohol motifs (C(OH)–C–C–N with tert-alkyl or cyclic N) is 1. The Morgan fingerprint density at radius 3 is 2.07 bits per heavy atom. The van der Waals surface area contributed by atoms with Crippen LogP contribution >= 0.6 is 23.7 Å². The van der Waals surface area contributed by atoms with Crippen LogP contribution in [0.25, 0.3) is 21.1 Å². The van der Waals surface area contributed by atoms with Gasteiger partial charge in [0.05, 0.1) is 49.7 Å². The number of nitrogens with two attached hydrogens (primary N) is 1. The maximum Gasteiger partial charge on any atom is 1.00 e. The number of phenolic OH excluding ortho intramolecular Hbond substituents is 1. The van der Waals surface area contributed by atoms with Gasteiger partial charge in [0.15, 0.2) is 11.5 Å². The second kappa shape index (κ2) is 34.1. The van der Waals surface area contributed by atoms with Crippen molar-refractivity contribution in [1.29, 1.82) is 0 Å². The smallest absolute Gasteiger partial charge is 0.691 e. The van der Waals surface area contributed by atoms with Crippen molar-refractivity contribution in [3.63, 3.8) is 0 Å². The topological polar surface area (TPSA) is 466 Å². The molecular formula is C56H71N10NaO21S2. The number of benzene rings is 3. The molecule has 4 aromatic rings. The summed E-state index contributed by atoms with van der Waals surface area (Å²) < 4.78 is 20.1. The number of phenols is 1. The van der Waals surface area contributed by atoms with Crippen molar-refractivity contribution in [2.24, 2.45) is 11.7 Å². The van der Waals surface area contributed by atoms with Crippen LogP contribution in [0.1, 0.15) is 68.3 Å². The Kier molecular flexibility index (Phi) is 27.4. The minimum absolute atomic E-state index is 0. The van der Waals surface area contributed by atoms with E-state index in [2.05, 4.69) is 46.2 Å². The number of unbranched alkanes of at least 4 members (excludes halogenated alkanes) is 2. The molecule has 0 radical (unpaired) electrons. The molecule has 7 rings (SSSR count). The third kappa shape index (κ3) is 19.2. The summed E-state index contributed by atoms with van der Waals surface area (Å²) in [6.07, 6.45) is -10.9. The van der Waals surface area contributed by atoms with Crippen LogP contribution in [0.15, 0.2) is 66.7 Å². The molecule has 0 bridgehead atoms. The fourth-order valence-corrected chi connectivity index (χ4v) is 11.4. The predicted octanol–water partition coefficient (Wildman–Crippen LogP) is -6.23. The van der Waals surface area contributed by atoms with E-state index in [9.17, 15) is 79.4 Å². The monoisotopic (exact) mass is 1310 g/mol. The minimum atomic E-state index is -2.22. The number of aromatic hydroxyl groups is 1. The number of hydrogen-bond acceptors (Lipinski definition) is 25. The van der Waals surface area contributed by atoms with Crippen LogP contribution in [0.5, 0.6) is 17.2 Å². The molecular weight excluding hydrogens is 1240 g/mol.